The quantitative estimate of drug-likeness (QED) is 0.865. The first-order chi connectivity index (χ1) is 11.8. The van der Waals surface area contributed by atoms with Crippen LogP contribution in [-0.4, -0.2) is 60.3 Å². The fraction of sp³-hybridized carbons (Fsp3) is 0.556. The van der Waals surface area contributed by atoms with Crippen molar-refractivity contribution in [1.29, 1.82) is 0 Å². The monoisotopic (exact) mass is 330 g/mol. The second-order valence-electron chi connectivity index (χ2n) is 6.66. The highest BCUT2D eigenvalue weighted by atomic mass is 19.1. The third-order valence-electron chi connectivity index (χ3n) is 4.89. The van der Waals surface area contributed by atoms with Crippen LogP contribution in [0.2, 0.25) is 0 Å². The average molecular weight is 330 g/mol. The number of rotatable bonds is 3. The largest absolute Gasteiger partial charge is 0.375 e. The van der Waals surface area contributed by atoms with Crippen LogP contribution in [-0.2, 0) is 4.74 Å². The summed E-state index contributed by atoms with van der Waals surface area (Å²) in [6.07, 6.45) is 5.27. The second-order valence-corrected chi connectivity index (χ2v) is 6.66. The lowest BCUT2D eigenvalue weighted by atomic mass is 10.2. The molecule has 2 aliphatic heterocycles. The lowest BCUT2D eigenvalue weighted by Crippen LogP contribution is -2.39. The molecule has 1 aromatic heterocycles. The summed E-state index contributed by atoms with van der Waals surface area (Å²) in [5.74, 6) is 0.621. The molecule has 0 saturated carbocycles. The third kappa shape index (κ3) is 3.35. The van der Waals surface area contributed by atoms with Crippen LogP contribution in [0.3, 0.4) is 0 Å². The van der Waals surface area contributed by atoms with E-state index in [1.165, 1.54) is 44.4 Å². The Bertz CT molecular complexity index is 704. The topological polar surface area (TPSA) is 41.5 Å². The summed E-state index contributed by atoms with van der Waals surface area (Å²) in [5, 5.41) is 0.903. The summed E-state index contributed by atoms with van der Waals surface area (Å²) in [7, 11) is 0. The Morgan fingerprint density at radius 1 is 1.12 bits per heavy atom. The molecule has 2 saturated heterocycles. The smallest absolute Gasteiger partial charge is 0.139 e. The zero-order chi connectivity index (χ0) is 16.4. The van der Waals surface area contributed by atoms with Gasteiger partial charge in [0.25, 0.3) is 0 Å². The molecule has 24 heavy (non-hydrogen) atoms. The van der Waals surface area contributed by atoms with Gasteiger partial charge in [-0.05, 0) is 44.5 Å². The molecule has 0 aliphatic carbocycles. The molecule has 5 nitrogen and oxygen atoms in total. The zero-order valence-corrected chi connectivity index (χ0v) is 13.8. The minimum Gasteiger partial charge on any atom is -0.375 e. The fourth-order valence-electron chi connectivity index (χ4n) is 3.72. The minimum absolute atomic E-state index is 0.191. The van der Waals surface area contributed by atoms with Crippen molar-refractivity contribution < 1.29 is 9.13 Å². The number of anilines is 1. The van der Waals surface area contributed by atoms with Gasteiger partial charge < -0.3 is 14.5 Å². The Morgan fingerprint density at radius 2 is 2.00 bits per heavy atom. The van der Waals surface area contributed by atoms with Crippen LogP contribution in [0.25, 0.3) is 10.9 Å². The molecule has 2 fully saturated rings. The molecule has 3 heterocycles. The Hall–Kier alpha value is -1.79. The van der Waals surface area contributed by atoms with Crippen molar-refractivity contribution in [1.82, 2.24) is 14.9 Å². The van der Waals surface area contributed by atoms with E-state index in [4.69, 9.17) is 4.74 Å². The lowest BCUT2D eigenvalue weighted by molar-refractivity contribution is 0.0450. The van der Waals surface area contributed by atoms with Crippen molar-refractivity contribution in [2.24, 2.45) is 0 Å². The van der Waals surface area contributed by atoms with Crippen molar-refractivity contribution in [3.8, 4) is 0 Å². The van der Waals surface area contributed by atoms with E-state index < -0.39 is 0 Å². The number of aromatic nitrogens is 2. The maximum atomic E-state index is 13.5. The van der Waals surface area contributed by atoms with Gasteiger partial charge in [0.2, 0.25) is 0 Å². The maximum absolute atomic E-state index is 13.5. The van der Waals surface area contributed by atoms with E-state index in [-0.39, 0.29) is 11.9 Å². The van der Waals surface area contributed by atoms with Gasteiger partial charge in [-0.2, -0.15) is 0 Å². The van der Waals surface area contributed by atoms with Gasteiger partial charge >= 0.3 is 0 Å². The van der Waals surface area contributed by atoms with E-state index in [0.29, 0.717) is 5.52 Å². The normalized spacial score (nSPS) is 22.9. The molecule has 0 spiro atoms. The van der Waals surface area contributed by atoms with E-state index >= 15 is 0 Å². The van der Waals surface area contributed by atoms with E-state index in [9.17, 15) is 4.39 Å². The minimum atomic E-state index is -0.266. The van der Waals surface area contributed by atoms with Crippen LogP contribution in [0.5, 0.6) is 0 Å². The summed E-state index contributed by atoms with van der Waals surface area (Å²) < 4.78 is 19.5. The molecule has 0 amide bonds. The predicted octanol–water partition coefficient (Wildman–Crippen LogP) is 2.46. The van der Waals surface area contributed by atoms with Crippen molar-refractivity contribution in [3.63, 3.8) is 0 Å². The molecule has 128 valence electrons. The number of benzene rings is 1. The molecule has 0 unspecified atom stereocenters. The molecular weight excluding hydrogens is 307 g/mol. The lowest BCUT2D eigenvalue weighted by Gasteiger charge is -2.28. The van der Waals surface area contributed by atoms with Crippen molar-refractivity contribution in [2.45, 2.75) is 25.4 Å². The molecule has 2 aliphatic rings. The number of halogens is 1. The first-order valence-electron chi connectivity index (χ1n) is 8.79. The SMILES string of the molecule is Fc1ccc2c(N3CCCO[C@@H](CN4CCCC4)C3)ncnc2c1. The van der Waals surface area contributed by atoms with Crippen molar-refractivity contribution >= 4 is 16.7 Å². The van der Waals surface area contributed by atoms with E-state index in [1.807, 2.05) is 0 Å². The fourth-order valence-corrected chi connectivity index (χ4v) is 3.72. The summed E-state index contributed by atoms with van der Waals surface area (Å²) in [5.41, 5.74) is 0.654. The second kappa shape index (κ2) is 6.99. The van der Waals surface area contributed by atoms with Crippen LogP contribution >= 0.6 is 0 Å². The van der Waals surface area contributed by atoms with Crippen molar-refractivity contribution in [2.75, 3.05) is 44.2 Å². The first-order valence-corrected chi connectivity index (χ1v) is 8.79. The summed E-state index contributed by atoms with van der Waals surface area (Å²) in [6, 6.07) is 4.73. The van der Waals surface area contributed by atoms with Crippen LogP contribution in [0.15, 0.2) is 24.5 Å². The molecule has 2 aromatic rings. The molecule has 1 atom stereocenters. The molecule has 4 rings (SSSR count). The van der Waals surface area contributed by atoms with Gasteiger partial charge in [-0.25, -0.2) is 14.4 Å². The number of nitrogens with zero attached hydrogens (tertiary/aromatic N) is 4. The van der Waals surface area contributed by atoms with E-state index in [1.54, 1.807) is 6.07 Å². The summed E-state index contributed by atoms with van der Waals surface area (Å²) in [6.45, 7) is 5.84. The van der Waals surface area contributed by atoms with Gasteiger partial charge in [0.05, 0.1) is 11.6 Å². The summed E-state index contributed by atoms with van der Waals surface area (Å²) in [4.78, 5) is 13.5. The molecule has 0 radical (unpaired) electrons. The Balaban J connectivity index is 1.57. The maximum Gasteiger partial charge on any atom is 0.139 e. The number of ether oxygens (including phenoxy) is 1. The van der Waals surface area contributed by atoms with Gasteiger partial charge in [-0.15, -0.1) is 0 Å². The van der Waals surface area contributed by atoms with Crippen LogP contribution < -0.4 is 4.90 Å². The van der Waals surface area contributed by atoms with Gasteiger partial charge in [0, 0.05) is 37.7 Å². The molecule has 0 N–H and O–H groups in total. The number of likely N-dealkylation sites (tertiary alicyclic amines) is 1. The number of hydrogen-bond donors (Lipinski definition) is 0. The number of hydrogen-bond acceptors (Lipinski definition) is 5. The third-order valence-corrected chi connectivity index (χ3v) is 4.89. The van der Waals surface area contributed by atoms with Crippen LogP contribution in [0.1, 0.15) is 19.3 Å². The van der Waals surface area contributed by atoms with E-state index in [2.05, 4.69) is 19.8 Å². The van der Waals surface area contributed by atoms with Crippen LogP contribution in [0.4, 0.5) is 10.2 Å². The molecule has 1 aromatic carbocycles. The highest BCUT2D eigenvalue weighted by Gasteiger charge is 2.24. The molecule has 0 bridgehead atoms. The van der Waals surface area contributed by atoms with Gasteiger partial charge in [0.1, 0.15) is 18.0 Å². The standard InChI is InChI=1S/C18H23FN4O/c19-14-4-5-16-17(10-14)20-13-21-18(16)23-8-3-9-24-15(12-23)11-22-6-1-2-7-22/h4-5,10,13,15H,1-3,6-9,11-12H2/t15-/m0/s1. The van der Waals surface area contributed by atoms with Gasteiger partial charge in [0.15, 0.2) is 0 Å². The zero-order valence-electron chi connectivity index (χ0n) is 13.8. The Labute approximate surface area is 141 Å². The summed E-state index contributed by atoms with van der Waals surface area (Å²) >= 11 is 0. The highest BCUT2D eigenvalue weighted by Crippen LogP contribution is 2.25. The predicted molar refractivity (Wildman–Crippen MR) is 91.7 cm³/mol. The Kier molecular flexibility index (Phi) is 4.58. The average Bonchev–Trinajstić information content (AvgIpc) is 2.98. The van der Waals surface area contributed by atoms with E-state index in [0.717, 1.165) is 43.9 Å². The first kappa shape index (κ1) is 15.7. The van der Waals surface area contributed by atoms with Crippen molar-refractivity contribution in [3.05, 3.63) is 30.3 Å². The molecular formula is C18H23FN4O. The van der Waals surface area contributed by atoms with Crippen LogP contribution in [0, 0.1) is 5.82 Å². The van der Waals surface area contributed by atoms with Gasteiger partial charge in [-0.1, -0.05) is 0 Å². The molecule has 6 heteroatoms. The van der Waals surface area contributed by atoms with Gasteiger partial charge in [-0.3, -0.25) is 0 Å². The Morgan fingerprint density at radius 3 is 2.88 bits per heavy atom. The highest BCUT2D eigenvalue weighted by molar-refractivity contribution is 5.89. The number of fused-ring (bicyclic) bond motifs is 1.